The molecule has 0 aromatic heterocycles. The van der Waals surface area contributed by atoms with E-state index >= 15 is 0 Å². The van der Waals surface area contributed by atoms with Gasteiger partial charge in [0.1, 0.15) is 5.60 Å². The van der Waals surface area contributed by atoms with Gasteiger partial charge in [0.25, 0.3) is 0 Å². The van der Waals surface area contributed by atoms with E-state index in [9.17, 15) is 9.59 Å². The fraction of sp³-hybridized carbons (Fsp3) is 0.600. The Labute approximate surface area is 114 Å². The Hall–Kier alpha value is -1.58. The summed E-state index contributed by atoms with van der Waals surface area (Å²) in [6.07, 6.45) is 6.97. The largest absolute Gasteiger partial charge is 0.466 e. The molecule has 2 bridgehead atoms. The molecule has 0 unspecified atom stereocenters. The minimum Gasteiger partial charge on any atom is -0.466 e. The summed E-state index contributed by atoms with van der Waals surface area (Å²) >= 11 is 0. The molecule has 2 fully saturated rings. The lowest BCUT2D eigenvalue weighted by Gasteiger charge is -2.25. The van der Waals surface area contributed by atoms with Crippen molar-refractivity contribution in [1.29, 1.82) is 0 Å². The van der Waals surface area contributed by atoms with E-state index in [4.69, 9.17) is 4.74 Å². The molecule has 0 N–H and O–H groups in total. The minimum atomic E-state index is -0.347. The van der Waals surface area contributed by atoms with Gasteiger partial charge in [0.2, 0.25) is 0 Å². The van der Waals surface area contributed by atoms with Crippen molar-refractivity contribution in [2.24, 2.45) is 5.92 Å². The monoisotopic (exact) mass is 266 g/mol. The Morgan fingerprint density at radius 1 is 1.32 bits per heavy atom. The summed E-state index contributed by atoms with van der Waals surface area (Å²) in [6.45, 7) is 8.36. The Bertz CT molecular complexity index is 376. The molecular formula is C15H22O4. The van der Waals surface area contributed by atoms with Gasteiger partial charge in [-0.25, -0.2) is 9.59 Å². The molecule has 0 amide bonds. The van der Waals surface area contributed by atoms with Crippen LogP contribution in [0, 0.1) is 5.92 Å². The Kier molecular flexibility index (Phi) is 5.33. The third-order valence-corrected chi connectivity index (χ3v) is 3.69. The second kappa shape index (κ2) is 6.55. The van der Waals surface area contributed by atoms with Crippen molar-refractivity contribution in [3.05, 3.63) is 24.8 Å². The number of carbonyl (C=O) groups excluding carboxylic acids is 2. The maximum atomic E-state index is 11.0. The number of hydrogen-bond acceptors (Lipinski definition) is 4. The van der Waals surface area contributed by atoms with Gasteiger partial charge in [0.15, 0.2) is 0 Å². The lowest BCUT2D eigenvalue weighted by atomic mass is 9.97. The van der Waals surface area contributed by atoms with Crippen molar-refractivity contribution in [3.63, 3.8) is 0 Å². The van der Waals surface area contributed by atoms with Crippen LogP contribution in [0.3, 0.4) is 0 Å². The van der Waals surface area contributed by atoms with Gasteiger partial charge < -0.3 is 9.47 Å². The molecule has 0 aromatic carbocycles. The summed E-state index contributed by atoms with van der Waals surface area (Å²) in [7, 11) is 1.33. The summed E-state index contributed by atoms with van der Waals surface area (Å²) in [6, 6.07) is 0. The number of ether oxygens (including phenoxy) is 2. The first-order valence-corrected chi connectivity index (χ1v) is 6.51. The third kappa shape index (κ3) is 4.23. The van der Waals surface area contributed by atoms with Crippen molar-refractivity contribution < 1.29 is 19.1 Å². The average molecular weight is 266 g/mol. The molecule has 2 saturated carbocycles. The number of methoxy groups -OCH3 is 1. The van der Waals surface area contributed by atoms with E-state index in [2.05, 4.69) is 17.9 Å². The second-order valence-electron chi connectivity index (χ2n) is 5.23. The molecule has 0 spiro atoms. The van der Waals surface area contributed by atoms with Crippen LogP contribution in [0.4, 0.5) is 0 Å². The lowest BCUT2D eigenvalue weighted by molar-refractivity contribution is -0.152. The van der Waals surface area contributed by atoms with Crippen LogP contribution in [0.25, 0.3) is 0 Å². The Morgan fingerprint density at radius 3 is 2.16 bits per heavy atom. The first-order chi connectivity index (χ1) is 8.92. The predicted octanol–water partition coefficient (Wildman–Crippen LogP) is 2.78. The summed E-state index contributed by atoms with van der Waals surface area (Å²) < 4.78 is 9.66. The van der Waals surface area contributed by atoms with Crippen LogP contribution in [0.1, 0.15) is 39.0 Å². The number of fused-ring (bicyclic) bond motifs is 2. The van der Waals surface area contributed by atoms with Crippen LogP contribution < -0.4 is 0 Å². The summed E-state index contributed by atoms with van der Waals surface area (Å²) in [5.74, 6) is 0.222. The Morgan fingerprint density at radius 2 is 1.89 bits per heavy atom. The van der Waals surface area contributed by atoms with Gasteiger partial charge in [0.05, 0.1) is 7.11 Å². The molecule has 0 atom stereocenters. The molecule has 4 heteroatoms. The average Bonchev–Trinajstić information content (AvgIpc) is 2.98. The van der Waals surface area contributed by atoms with E-state index in [1.54, 1.807) is 6.92 Å². The normalized spacial score (nSPS) is 26.9. The number of carbonyl (C=O) groups is 2. The van der Waals surface area contributed by atoms with E-state index in [-0.39, 0.29) is 17.5 Å². The zero-order chi connectivity index (χ0) is 14.5. The summed E-state index contributed by atoms with van der Waals surface area (Å²) in [4.78, 5) is 21.2. The fourth-order valence-electron chi connectivity index (χ4n) is 2.71. The maximum absolute atomic E-state index is 11.0. The zero-order valence-corrected chi connectivity index (χ0v) is 11.7. The van der Waals surface area contributed by atoms with Crippen molar-refractivity contribution in [3.8, 4) is 0 Å². The standard InChI is InChI=1S/C10H14O2.C5H8O2/c1-2-9(11)12-10-5-3-8(7-10)4-6-10;1-4(2)5(6)7-3/h2,8H,1,3-7H2;1H2,2-3H3. The molecule has 0 heterocycles. The Balaban J connectivity index is 0.000000224. The van der Waals surface area contributed by atoms with Gasteiger partial charge in [-0.3, -0.25) is 0 Å². The second-order valence-corrected chi connectivity index (χ2v) is 5.23. The van der Waals surface area contributed by atoms with Crippen molar-refractivity contribution in [2.75, 3.05) is 7.11 Å². The molecule has 2 rings (SSSR count). The highest BCUT2D eigenvalue weighted by atomic mass is 16.6. The van der Waals surface area contributed by atoms with Crippen LogP contribution in [-0.4, -0.2) is 24.6 Å². The topological polar surface area (TPSA) is 52.6 Å². The predicted molar refractivity (Wildman–Crippen MR) is 72.4 cm³/mol. The molecule has 4 nitrogen and oxygen atoms in total. The SMILES string of the molecule is C=C(C)C(=O)OC.C=CC(=O)OC12CCC(CC1)C2. The van der Waals surface area contributed by atoms with Crippen LogP contribution in [0.5, 0.6) is 0 Å². The highest BCUT2D eigenvalue weighted by molar-refractivity contribution is 5.86. The molecule has 106 valence electrons. The van der Waals surface area contributed by atoms with E-state index < -0.39 is 0 Å². The van der Waals surface area contributed by atoms with Gasteiger partial charge in [0, 0.05) is 11.6 Å². The molecule has 2 aliphatic rings. The molecule has 0 radical (unpaired) electrons. The highest BCUT2D eigenvalue weighted by Crippen LogP contribution is 2.49. The highest BCUT2D eigenvalue weighted by Gasteiger charge is 2.47. The number of hydrogen-bond donors (Lipinski definition) is 0. The van der Waals surface area contributed by atoms with Crippen LogP contribution in [0.15, 0.2) is 24.8 Å². The van der Waals surface area contributed by atoms with Gasteiger partial charge in [-0.15, -0.1) is 0 Å². The molecular weight excluding hydrogens is 244 g/mol. The van der Waals surface area contributed by atoms with Gasteiger partial charge in [-0.05, 0) is 44.9 Å². The van der Waals surface area contributed by atoms with Crippen molar-refractivity contribution in [1.82, 2.24) is 0 Å². The molecule has 0 saturated heterocycles. The fourth-order valence-corrected chi connectivity index (χ4v) is 2.71. The van der Waals surface area contributed by atoms with Crippen LogP contribution >= 0.6 is 0 Å². The van der Waals surface area contributed by atoms with Crippen LogP contribution in [0.2, 0.25) is 0 Å². The van der Waals surface area contributed by atoms with Crippen LogP contribution in [-0.2, 0) is 19.1 Å². The lowest BCUT2D eigenvalue weighted by Crippen LogP contribution is -2.29. The van der Waals surface area contributed by atoms with Crippen molar-refractivity contribution >= 4 is 11.9 Å². The summed E-state index contributed by atoms with van der Waals surface area (Å²) in [5.41, 5.74) is 0.346. The minimum absolute atomic E-state index is 0.0874. The number of rotatable bonds is 3. The van der Waals surface area contributed by atoms with Gasteiger partial charge in [-0.1, -0.05) is 13.2 Å². The first kappa shape index (κ1) is 15.5. The third-order valence-electron chi connectivity index (χ3n) is 3.69. The maximum Gasteiger partial charge on any atom is 0.332 e. The smallest absolute Gasteiger partial charge is 0.332 e. The number of esters is 2. The molecule has 0 aromatic rings. The molecule has 19 heavy (non-hydrogen) atoms. The summed E-state index contributed by atoms with van der Waals surface area (Å²) in [5, 5.41) is 0. The molecule has 2 aliphatic carbocycles. The molecule has 0 aliphatic heterocycles. The first-order valence-electron chi connectivity index (χ1n) is 6.51. The van der Waals surface area contributed by atoms with E-state index in [1.165, 1.54) is 26.0 Å². The zero-order valence-electron chi connectivity index (χ0n) is 11.7. The van der Waals surface area contributed by atoms with Gasteiger partial charge in [-0.2, -0.15) is 0 Å². The quantitative estimate of drug-likeness (QED) is 0.582. The van der Waals surface area contributed by atoms with Gasteiger partial charge >= 0.3 is 11.9 Å². The van der Waals surface area contributed by atoms with E-state index in [0.717, 1.165) is 25.2 Å². The van der Waals surface area contributed by atoms with E-state index in [1.807, 2.05) is 0 Å². The van der Waals surface area contributed by atoms with Crippen molar-refractivity contribution in [2.45, 2.75) is 44.6 Å². The van der Waals surface area contributed by atoms with E-state index in [0.29, 0.717) is 5.57 Å².